The molecule has 0 fully saturated rings. The number of ether oxygens (including phenoxy) is 2. The van der Waals surface area contributed by atoms with Crippen LogP contribution >= 0.6 is 27.3 Å². The fourth-order valence-corrected chi connectivity index (χ4v) is 4.45. The zero-order valence-electron chi connectivity index (χ0n) is 17.8. The summed E-state index contributed by atoms with van der Waals surface area (Å²) in [5, 5.41) is 15.1. The molecule has 1 aromatic carbocycles. The fourth-order valence-electron chi connectivity index (χ4n) is 3.00. The second-order valence-electron chi connectivity index (χ2n) is 8.32. The molecule has 2 aromatic rings. The van der Waals surface area contributed by atoms with Crippen molar-refractivity contribution in [3.8, 4) is 5.75 Å². The van der Waals surface area contributed by atoms with Gasteiger partial charge in [-0.3, -0.25) is 9.59 Å². The van der Waals surface area contributed by atoms with E-state index in [1.165, 1.54) is 17.4 Å². The summed E-state index contributed by atoms with van der Waals surface area (Å²) in [5.41, 5.74) is 0.0208. The molecular formula is C21H23BBrNO7S. The molecule has 1 aliphatic heterocycles. The van der Waals surface area contributed by atoms with Crippen molar-refractivity contribution in [2.45, 2.75) is 39.6 Å². The first kappa shape index (κ1) is 24.3. The van der Waals surface area contributed by atoms with E-state index < -0.39 is 37.2 Å². The van der Waals surface area contributed by atoms with Gasteiger partial charge in [-0.2, -0.15) is 0 Å². The van der Waals surface area contributed by atoms with Crippen molar-refractivity contribution in [1.82, 2.24) is 5.32 Å². The molecule has 0 saturated carbocycles. The van der Waals surface area contributed by atoms with E-state index in [-0.39, 0.29) is 30.1 Å². The van der Waals surface area contributed by atoms with E-state index in [9.17, 15) is 19.4 Å². The topological polar surface area (TPSA) is 111 Å². The van der Waals surface area contributed by atoms with Crippen molar-refractivity contribution < 1.29 is 33.5 Å². The zero-order chi connectivity index (χ0) is 23.5. The molecule has 2 N–H and O–H groups in total. The van der Waals surface area contributed by atoms with Crippen LogP contribution in [0.25, 0.3) is 0 Å². The Morgan fingerprint density at radius 1 is 1.31 bits per heavy atom. The van der Waals surface area contributed by atoms with Gasteiger partial charge in [0.1, 0.15) is 11.3 Å². The standard InChI is InChI=1S/C21H23BBrNO7S/c1-21(2,3)20(27)30-11-29-19(26)15-6-4-5-12-7-16(22(28)31-18(12)15)24-17(25)9-14-8-13(23)10-32-14/h4-6,8,10,16,28H,7,9,11H2,1-3H3,(H,24,25)/t16-/m0/s1. The second kappa shape index (κ2) is 10.1. The largest absolute Gasteiger partial charge is 0.547 e. The lowest BCUT2D eigenvalue weighted by molar-refractivity contribution is -0.161. The molecule has 0 aliphatic carbocycles. The molecule has 32 heavy (non-hydrogen) atoms. The van der Waals surface area contributed by atoms with Crippen molar-refractivity contribution in [1.29, 1.82) is 0 Å². The number of rotatable bonds is 6. The highest BCUT2D eigenvalue weighted by Crippen LogP contribution is 2.31. The summed E-state index contributed by atoms with van der Waals surface area (Å²) in [5.74, 6) is -1.98. The Bertz CT molecular complexity index is 1020. The van der Waals surface area contributed by atoms with E-state index >= 15 is 0 Å². The zero-order valence-corrected chi connectivity index (χ0v) is 20.2. The number of benzene rings is 1. The minimum Gasteiger partial charge on any atom is -0.534 e. The first-order valence-corrected chi connectivity index (χ1v) is 11.5. The van der Waals surface area contributed by atoms with Gasteiger partial charge >= 0.3 is 19.1 Å². The van der Waals surface area contributed by atoms with E-state index in [1.807, 2.05) is 11.4 Å². The molecule has 0 unspecified atom stereocenters. The molecule has 0 spiro atoms. The Hall–Kier alpha value is -2.37. The smallest absolute Gasteiger partial charge is 0.534 e. The van der Waals surface area contributed by atoms with E-state index in [0.29, 0.717) is 5.56 Å². The lowest BCUT2D eigenvalue weighted by Crippen LogP contribution is -2.53. The summed E-state index contributed by atoms with van der Waals surface area (Å²) in [6.45, 7) is 4.54. The summed E-state index contributed by atoms with van der Waals surface area (Å²) in [6, 6.07) is 6.75. The van der Waals surface area contributed by atoms with Crippen molar-refractivity contribution in [2.75, 3.05) is 6.79 Å². The number of halogens is 1. The summed E-state index contributed by atoms with van der Waals surface area (Å²) in [6.07, 6.45) is 0.461. The number of para-hydroxylation sites is 1. The Labute approximate surface area is 198 Å². The van der Waals surface area contributed by atoms with Crippen molar-refractivity contribution in [3.63, 3.8) is 0 Å². The van der Waals surface area contributed by atoms with E-state index in [4.69, 9.17) is 14.1 Å². The number of fused-ring (bicyclic) bond motifs is 1. The molecule has 1 aromatic heterocycles. The van der Waals surface area contributed by atoms with Crippen LogP contribution in [0.5, 0.6) is 5.75 Å². The third kappa shape index (κ3) is 6.11. The SMILES string of the molecule is CC(C)(C)C(=O)OCOC(=O)c1cccc2c1OB(O)[C@@H](NC(=O)Cc1cc(Br)cs1)C2. The number of amides is 1. The predicted molar refractivity (Wildman–Crippen MR) is 122 cm³/mol. The maximum atomic E-state index is 12.5. The Kier molecular flexibility index (Phi) is 7.63. The highest BCUT2D eigenvalue weighted by Gasteiger charge is 2.38. The van der Waals surface area contributed by atoms with Crippen LogP contribution in [0.2, 0.25) is 0 Å². The summed E-state index contributed by atoms with van der Waals surface area (Å²) in [7, 11) is -1.34. The third-order valence-corrected chi connectivity index (χ3v) is 6.33. The number of nitrogens with one attached hydrogen (secondary N) is 1. The number of hydrogen-bond donors (Lipinski definition) is 2. The Morgan fingerprint density at radius 3 is 2.72 bits per heavy atom. The summed E-state index contributed by atoms with van der Waals surface area (Å²) < 4.78 is 16.5. The van der Waals surface area contributed by atoms with Gasteiger partial charge in [-0.1, -0.05) is 12.1 Å². The normalized spacial score (nSPS) is 15.4. The van der Waals surface area contributed by atoms with Crippen LogP contribution in [-0.4, -0.2) is 42.7 Å². The molecule has 3 rings (SSSR count). The Balaban J connectivity index is 1.62. The minimum absolute atomic E-state index is 0.0987. The number of esters is 2. The van der Waals surface area contributed by atoms with Gasteiger partial charge in [0.15, 0.2) is 0 Å². The highest BCUT2D eigenvalue weighted by atomic mass is 79.9. The van der Waals surface area contributed by atoms with Gasteiger partial charge in [0, 0.05) is 14.7 Å². The molecule has 0 radical (unpaired) electrons. The highest BCUT2D eigenvalue weighted by molar-refractivity contribution is 9.10. The average Bonchev–Trinajstić information content (AvgIpc) is 3.11. The molecule has 8 nitrogen and oxygen atoms in total. The third-order valence-electron chi connectivity index (χ3n) is 4.63. The van der Waals surface area contributed by atoms with Gasteiger partial charge in [-0.05, 0) is 60.8 Å². The number of hydrogen-bond acceptors (Lipinski definition) is 8. The Morgan fingerprint density at radius 2 is 2.06 bits per heavy atom. The van der Waals surface area contributed by atoms with Crippen LogP contribution in [-0.2, 0) is 31.9 Å². The molecule has 0 saturated heterocycles. The van der Waals surface area contributed by atoms with Crippen LogP contribution in [0.1, 0.15) is 41.6 Å². The first-order valence-electron chi connectivity index (χ1n) is 9.88. The number of carbonyl (C=O) groups excluding carboxylic acids is 3. The minimum atomic E-state index is -1.34. The molecule has 11 heteroatoms. The second-order valence-corrected chi connectivity index (χ2v) is 10.2. The number of carbonyl (C=O) groups is 3. The average molecular weight is 524 g/mol. The summed E-state index contributed by atoms with van der Waals surface area (Å²) in [4.78, 5) is 37.5. The maximum absolute atomic E-state index is 12.5. The van der Waals surface area contributed by atoms with Gasteiger partial charge < -0.3 is 24.5 Å². The van der Waals surface area contributed by atoms with Gasteiger partial charge in [-0.15, -0.1) is 11.3 Å². The monoisotopic (exact) mass is 523 g/mol. The quantitative estimate of drug-likeness (QED) is 0.340. The predicted octanol–water partition coefficient (Wildman–Crippen LogP) is 2.90. The van der Waals surface area contributed by atoms with Crippen LogP contribution in [0, 0.1) is 5.41 Å². The molecule has 170 valence electrons. The first-order chi connectivity index (χ1) is 15.0. The maximum Gasteiger partial charge on any atom is 0.547 e. The molecular weight excluding hydrogens is 501 g/mol. The van der Waals surface area contributed by atoms with Crippen LogP contribution in [0.4, 0.5) is 0 Å². The molecule has 1 aliphatic rings. The van der Waals surface area contributed by atoms with Gasteiger partial charge in [0.25, 0.3) is 0 Å². The van der Waals surface area contributed by atoms with Crippen molar-refractivity contribution in [3.05, 3.63) is 50.1 Å². The number of thiophene rings is 1. The molecule has 2 heterocycles. The summed E-state index contributed by atoms with van der Waals surface area (Å²) >= 11 is 4.81. The lowest BCUT2D eigenvalue weighted by Gasteiger charge is -2.29. The van der Waals surface area contributed by atoms with Crippen LogP contribution in [0.3, 0.4) is 0 Å². The molecule has 1 amide bonds. The molecule has 1 atom stereocenters. The lowest BCUT2D eigenvalue weighted by atomic mass is 9.72. The van der Waals surface area contributed by atoms with Crippen molar-refractivity contribution >= 4 is 52.2 Å². The van der Waals surface area contributed by atoms with Crippen LogP contribution in [0.15, 0.2) is 34.1 Å². The fraction of sp³-hybridized carbons (Fsp3) is 0.381. The van der Waals surface area contributed by atoms with E-state index in [0.717, 1.165) is 9.35 Å². The van der Waals surface area contributed by atoms with Gasteiger partial charge in [0.2, 0.25) is 12.7 Å². The van der Waals surface area contributed by atoms with E-state index in [2.05, 4.69) is 21.2 Å². The van der Waals surface area contributed by atoms with E-state index in [1.54, 1.807) is 32.9 Å². The van der Waals surface area contributed by atoms with Gasteiger partial charge in [0.05, 0.1) is 17.8 Å². The van der Waals surface area contributed by atoms with Crippen molar-refractivity contribution in [2.24, 2.45) is 5.41 Å². The molecule has 0 bridgehead atoms. The van der Waals surface area contributed by atoms with Crippen LogP contribution < -0.4 is 9.97 Å². The van der Waals surface area contributed by atoms with Gasteiger partial charge in [-0.25, -0.2) is 4.79 Å².